The third kappa shape index (κ3) is 32.5. The van der Waals surface area contributed by atoms with E-state index in [4.69, 9.17) is 14.6 Å². The quantitative estimate of drug-likeness (QED) is 0.0459. The molecule has 274 valence electrons. The molecule has 0 rings (SSSR count). The highest BCUT2D eigenvalue weighted by Crippen LogP contribution is 2.13. The van der Waals surface area contributed by atoms with Crippen molar-refractivity contribution in [1.29, 1.82) is 0 Å². The third-order valence-corrected chi connectivity index (χ3v) is 8.44. The van der Waals surface area contributed by atoms with Gasteiger partial charge in [0, 0.05) is 32.5 Å². The summed E-state index contributed by atoms with van der Waals surface area (Å²) in [5.74, 6) is -1.37. The summed E-state index contributed by atoms with van der Waals surface area (Å²) in [5, 5.41) is 20.0. The standard InChI is InChI=1S/C33H60Br2N4O8/c34-26-30(41)36-19-15-16-28(39-31(42)27-35)33(45)38-21-23-47-25-24-46-22-20-37-29(40)17-13-11-9-7-5-3-1-2-4-6-8-10-12-14-18-32(43)44/h28H,1-27H2,(H,36,41)(H,37,40)(H,38,45)(H,39,42)(H,43,44)/t28-/m0/s1. The summed E-state index contributed by atoms with van der Waals surface area (Å²) in [5.41, 5.74) is 0. The van der Waals surface area contributed by atoms with E-state index in [1.54, 1.807) is 0 Å². The Morgan fingerprint density at radius 2 is 0.957 bits per heavy atom. The average molecular weight is 801 g/mol. The number of nitrogens with one attached hydrogen (secondary N) is 4. The zero-order chi connectivity index (χ0) is 34.8. The fourth-order valence-corrected chi connectivity index (χ4v) is 5.17. The minimum absolute atomic E-state index is 0.0526. The number of ether oxygens (including phenoxy) is 2. The molecule has 0 aromatic heterocycles. The largest absolute Gasteiger partial charge is 0.481 e. The summed E-state index contributed by atoms with van der Waals surface area (Å²) in [7, 11) is 0. The van der Waals surface area contributed by atoms with E-state index in [0.29, 0.717) is 65.2 Å². The minimum Gasteiger partial charge on any atom is -0.481 e. The molecule has 0 radical (unpaired) electrons. The summed E-state index contributed by atoms with van der Waals surface area (Å²) in [6.45, 7) is 2.60. The topological polar surface area (TPSA) is 172 Å². The van der Waals surface area contributed by atoms with E-state index >= 15 is 0 Å². The fourth-order valence-electron chi connectivity index (χ4n) is 4.81. The zero-order valence-corrected chi connectivity index (χ0v) is 31.4. The molecule has 5 N–H and O–H groups in total. The monoisotopic (exact) mass is 798 g/mol. The maximum atomic E-state index is 12.5. The van der Waals surface area contributed by atoms with Gasteiger partial charge in [0.15, 0.2) is 0 Å². The van der Waals surface area contributed by atoms with Crippen molar-refractivity contribution >= 4 is 61.5 Å². The van der Waals surface area contributed by atoms with E-state index < -0.39 is 12.0 Å². The number of carbonyl (C=O) groups is 5. The maximum Gasteiger partial charge on any atom is 0.303 e. The molecule has 0 heterocycles. The molecule has 14 heteroatoms. The van der Waals surface area contributed by atoms with Crippen LogP contribution in [0.25, 0.3) is 0 Å². The highest BCUT2D eigenvalue weighted by molar-refractivity contribution is 9.09. The minimum atomic E-state index is -0.697. The van der Waals surface area contributed by atoms with E-state index in [-0.39, 0.29) is 40.8 Å². The third-order valence-electron chi connectivity index (χ3n) is 7.42. The molecule has 47 heavy (non-hydrogen) atoms. The summed E-state index contributed by atoms with van der Waals surface area (Å²) in [4.78, 5) is 58.0. The van der Waals surface area contributed by atoms with Gasteiger partial charge < -0.3 is 35.8 Å². The van der Waals surface area contributed by atoms with Crippen molar-refractivity contribution < 1.29 is 38.6 Å². The number of alkyl halides is 2. The lowest BCUT2D eigenvalue weighted by atomic mass is 10.0. The Balaban J connectivity index is 3.57. The van der Waals surface area contributed by atoms with Gasteiger partial charge in [-0.15, -0.1) is 0 Å². The summed E-state index contributed by atoms with van der Waals surface area (Å²) in [6, 6.07) is -0.697. The molecule has 0 aromatic rings. The van der Waals surface area contributed by atoms with Crippen LogP contribution in [0.2, 0.25) is 0 Å². The van der Waals surface area contributed by atoms with Crippen LogP contribution in [-0.4, -0.2) is 97.5 Å². The molecule has 4 amide bonds. The predicted octanol–water partition coefficient (Wildman–Crippen LogP) is 4.75. The Bertz CT molecular complexity index is 838. The number of amides is 4. The molecular formula is C33H60Br2N4O8. The molecular weight excluding hydrogens is 740 g/mol. The lowest BCUT2D eigenvalue weighted by molar-refractivity contribution is -0.137. The van der Waals surface area contributed by atoms with Crippen LogP contribution in [0.3, 0.4) is 0 Å². The van der Waals surface area contributed by atoms with Crippen molar-refractivity contribution in [2.75, 3.05) is 56.7 Å². The van der Waals surface area contributed by atoms with E-state index in [0.717, 1.165) is 32.1 Å². The van der Waals surface area contributed by atoms with E-state index in [1.807, 2.05) is 0 Å². The number of carboxylic acids is 1. The molecule has 0 aromatic carbocycles. The van der Waals surface area contributed by atoms with Gasteiger partial charge in [0.2, 0.25) is 23.6 Å². The fraction of sp³-hybridized carbons (Fsp3) is 0.848. The van der Waals surface area contributed by atoms with Crippen LogP contribution in [0, 0.1) is 0 Å². The SMILES string of the molecule is O=C(O)CCCCCCCCCCCCCCCCC(=O)NCCOCCOCCNC(=O)[C@H](CCCNC(=O)CBr)NC(=O)CBr. The summed E-state index contributed by atoms with van der Waals surface area (Å²) in [6.07, 6.45) is 18.0. The molecule has 0 fully saturated rings. The van der Waals surface area contributed by atoms with Crippen molar-refractivity contribution in [3.63, 3.8) is 0 Å². The van der Waals surface area contributed by atoms with Crippen LogP contribution in [0.1, 0.15) is 116 Å². The second-order valence-corrected chi connectivity index (χ2v) is 12.7. The van der Waals surface area contributed by atoms with Crippen LogP contribution < -0.4 is 21.3 Å². The highest BCUT2D eigenvalue weighted by atomic mass is 79.9. The lowest BCUT2D eigenvalue weighted by Crippen LogP contribution is -2.48. The van der Waals surface area contributed by atoms with Crippen LogP contribution in [-0.2, 0) is 33.4 Å². The van der Waals surface area contributed by atoms with E-state index in [2.05, 4.69) is 53.1 Å². The molecule has 0 aliphatic heterocycles. The van der Waals surface area contributed by atoms with Crippen molar-refractivity contribution in [2.45, 2.75) is 122 Å². The predicted molar refractivity (Wildman–Crippen MR) is 191 cm³/mol. The van der Waals surface area contributed by atoms with Gasteiger partial charge in [-0.2, -0.15) is 0 Å². The maximum absolute atomic E-state index is 12.5. The second-order valence-electron chi connectivity index (χ2n) is 11.6. The Labute approximate surface area is 298 Å². The van der Waals surface area contributed by atoms with Crippen molar-refractivity contribution in [3.8, 4) is 0 Å². The molecule has 0 aliphatic carbocycles. The molecule has 0 bridgehead atoms. The number of carbonyl (C=O) groups excluding carboxylic acids is 4. The first-order valence-corrected chi connectivity index (χ1v) is 19.6. The number of unbranched alkanes of at least 4 members (excludes halogenated alkanes) is 13. The first-order chi connectivity index (χ1) is 22.8. The normalized spacial score (nSPS) is 11.5. The van der Waals surface area contributed by atoms with Gasteiger partial charge in [-0.05, 0) is 25.7 Å². The van der Waals surface area contributed by atoms with Crippen molar-refractivity contribution in [1.82, 2.24) is 21.3 Å². The van der Waals surface area contributed by atoms with Crippen LogP contribution in [0.15, 0.2) is 0 Å². The highest BCUT2D eigenvalue weighted by Gasteiger charge is 2.19. The van der Waals surface area contributed by atoms with Gasteiger partial charge in [0.05, 0.1) is 37.1 Å². The van der Waals surface area contributed by atoms with Gasteiger partial charge >= 0.3 is 5.97 Å². The van der Waals surface area contributed by atoms with Crippen molar-refractivity contribution in [2.24, 2.45) is 0 Å². The molecule has 0 unspecified atom stereocenters. The number of rotatable bonds is 34. The molecule has 0 saturated heterocycles. The summed E-state index contributed by atoms with van der Waals surface area (Å²) >= 11 is 6.16. The van der Waals surface area contributed by atoms with Crippen LogP contribution >= 0.6 is 31.9 Å². The Hall–Kier alpha value is -1.77. The van der Waals surface area contributed by atoms with Gasteiger partial charge in [-0.1, -0.05) is 109 Å². The average Bonchev–Trinajstić information content (AvgIpc) is 3.06. The number of hydrogen-bond acceptors (Lipinski definition) is 7. The van der Waals surface area contributed by atoms with Gasteiger partial charge in [-0.3, -0.25) is 24.0 Å². The first kappa shape index (κ1) is 45.2. The number of carboxylic acid groups (broad SMARTS) is 1. The number of aliphatic carboxylic acids is 1. The molecule has 12 nitrogen and oxygen atoms in total. The Morgan fingerprint density at radius 3 is 1.45 bits per heavy atom. The Morgan fingerprint density at radius 1 is 0.511 bits per heavy atom. The lowest BCUT2D eigenvalue weighted by Gasteiger charge is -2.18. The molecule has 0 spiro atoms. The van der Waals surface area contributed by atoms with Crippen molar-refractivity contribution in [3.05, 3.63) is 0 Å². The van der Waals surface area contributed by atoms with Gasteiger partial charge in [-0.25, -0.2) is 0 Å². The van der Waals surface area contributed by atoms with Crippen LogP contribution in [0.4, 0.5) is 0 Å². The molecule has 0 saturated carbocycles. The smallest absolute Gasteiger partial charge is 0.303 e. The number of hydrogen-bond donors (Lipinski definition) is 5. The summed E-state index contributed by atoms with van der Waals surface area (Å²) < 4.78 is 11.0. The molecule has 0 aliphatic rings. The van der Waals surface area contributed by atoms with Gasteiger partial charge in [0.1, 0.15) is 6.04 Å². The zero-order valence-electron chi connectivity index (χ0n) is 28.2. The second kappa shape index (κ2) is 34.1. The van der Waals surface area contributed by atoms with Gasteiger partial charge in [0.25, 0.3) is 0 Å². The van der Waals surface area contributed by atoms with E-state index in [9.17, 15) is 24.0 Å². The van der Waals surface area contributed by atoms with E-state index in [1.165, 1.54) is 57.8 Å². The first-order valence-electron chi connectivity index (χ1n) is 17.4. The van der Waals surface area contributed by atoms with Crippen LogP contribution in [0.5, 0.6) is 0 Å². The number of halogens is 2. The Kier molecular flexibility index (Phi) is 32.8. The molecule has 1 atom stereocenters.